The standard InChI is InChI=1S/C34H30F6N2O8S2/c35-33(36,37)24-14-22(15-25(17-24)34(38,39)40)21-3-6-28(48-12-9-41-7-10-47-11-8-41)23(13-21)16-29-30(44)42(32(51)52-29)50-19-26(43)18-49-27-4-1-20(2-5-27)31(45)46/h1-6,13-17,26,43H,7-12,18-19H2,(H,45,46)/b29-16-/t26-/m1/s1. The lowest BCUT2D eigenvalue weighted by Crippen LogP contribution is -2.38. The molecule has 278 valence electrons. The van der Waals surface area contributed by atoms with Crippen LogP contribution in [0.1, 0.15) is 27.0 Å². The monoisotopic (exact) mass is 772 g/mol. The number of aliphatic hydroxyl groups excluding tert-OH is 1. The van der Waals surface area contributed by atoms with Gasteiger partial charge in [-0.15, -0.1) is 0 Å². The number of hydroxylamine groups is 2. The van der Waals surface area contributed by atoms with Crippen LogP contribution in [-0.4, -0.2) is 95.1 Å². The summed E-state index contributed by atoms with van der Waals surface area (Å²) in [5, 5.41) is 20.1. The summed E-state index contributed by atoms with van der Waals surface area (Å²) in [5.74, 6) is -1.37. The first kappa shape index (κ1) is 39.0. The highest BCUT2D eigenvalue weighted by Crippen LogP contribution is 2.40. The van der Waals surface area contributed by atoms with Gasteiger partial charge in [0.05, 0.1) is 34.8 Å². The van der Waals surface area contributed by atoms with E-state index in [0.717, 1.165) is 16.8 Å². The molecule has 5 rings (SSSR count). The number of aromatic carboxylic acids is 1. The fraction of sp³-hybridized carbons (Fsp3) is 0.324. The molecule has 18 heteroatoms. The lowest BCUT2D eigenvalue weighted by atomic mass is 9.97. The zero-order chi connectivity index (χ0) is 37.6. The Morgan fingerprint density at radius 2 is 1.58 bits per heavy atom. The van der Waals surface area contributed by atoms with E-state index in [0.29, 0.717) is 45.0 Å². The van der Waals surface area contributed by atoms with Crippen LogP contribution >= 0.6 is 24.0 Å². The summed E-state index contributed by atoms with van der Waals surface area (Å²) in [4.78, 5) is 31.9. The number of carboxylic acids is 1. The predicted molar refractivity (Wildman–Crippen MR) is 181 cm³/mol. The molecule has 10 nitrogen and oxygen atoms in total. The smallest absolute Gasteiger partial charge is 0.416 e. The molecule has 0 aliphatic carbocycles. The summed E-state index contributed by atoms with van der Waals surface area (Å²) in [6, 6.07) is 10.8. The Morgan fingerprint density at radius 1 is 0.923 bits per heavy atom. The van der Waals surface area contributed by atoms with E-state index in [-0.39, 0.29) is 62.3 Å². The maximum atomic E-state index is 13.6. The Hall–Kier alpha value is -4.20. The molecule has 2 aliphatic heterocycles. The molecule has 2 N–H and O–H groups in total. The lowest BCUT2D eigenvalue weighted by molar-refractivity contribution is -0.163. The highest BCUT2D eigenvalue weighted by atomic mass is 32.2. The number of aliphatic hydroxyl groups is 1. The fourth-order valence-corrected chi connectivity index (χ4v) is 6.17. The summed E-state index contributed by atoms with van der Waals surface area (Å²) in [6.07, 6.45) is -10.0. The molecule has 2 aliphatic rings. The van der Waals surface area contributed by atoms with Gasteiger partial charge in [-0.25, -0.2) is 4.79 Å². The Labute approximate surface area is 302 Å². The van der Waals surface area contributed by atoms with Crippen LogP contribution in [0.2, 0.25) is 0 Å². The number of benzene rings is 3. The fourth-order valence-electron chi connectivity index (χ4n) is 5.00. The van der Waals surface area contributed by atoms with E-state index >= 15 is 0 Å². The second kappa shape index (κ2) is 16.6. The average molecular weight is 773 g/mol. The summed E-state index contributed by atoms with van der Waals surface area (Å²) in [7, 11) is 0. The number of ether oxygens (including phenoxy) is 3. The SMILES string of the molecule is O=C(O)c1ccc(OC[C@@H](O)CON2C(=O)/C(=C/c3cc(-c4cc(C(F)(F)F)cc(C(F)(F)F)c4)ccc3OCCN3CCOCC3)SC2=S)cc1. The van der Waals surface area contributed by atoms with Gasteiger partial charge in [0.15, 0.2) is 4.32 Å². The van der Waals surface area contributed by atoms with Crippen LogP contribution < -0.4 is 9.47 Å². The average Bonchev–Trinajstić information content (AvgIpc) is 3.37. The molecule has 1 atom stereocenters. The Kier molecular flexibility index (Phi) is 12.5. The van der Waals surface area contributed by atoms with Crippen LogP contribution in [0.15, 0.2) is 65.6 Å². The first-order valence-electron chi connectivity index (χ1n) is 15.5. The number of alkyl halides is 6. The topological polar surface area (TPSA) is 118 Å². The van der Waals surface area contributed by atoms with Gasteiger partial charge < -0.3 is 24.4 Å². The number of morpholine rings is 1. The number of halogens is 6. The van der Waals surface area contributed by atoms with Crippen molar-refractivity contribution < 1.29 is 65.2 Å². The molecule has 52 heavy (non-hydrogen) atoms. The number of hydrogen-bond donors (Lipinski definition) is 2. The molecule has 3 aromatic rings. The second-order valence-corrected chi connectivity index (χ2v) is 13.1. The van der Waals surface area contributed by atoms with E-state index in [1.165, 1.54) is 48.5 Å². The van der Waals surface area contributed by atoms with Crippen molar-refractivity contribution in [3.8, 4) is 22.6 Å². The minimum absolute atomic E-state index is 0.00386. The molecule has 2 heterocycles. The van der Waals surface area contributed by atoms with Crippen LogP contribution in [-0.2, 0) is 26.7 Å². The summed E-state index contributed by atoms with van der Waals surface area (Å²) < 4.78 is 98.5. The summed E-state index contributed by atoms with van der Waals surface area (Å²) in [5.41, 5.74) is -3.10. The van der Waals surface area contributed by atoms with Crippen molar-refractivity contribution in [2.45, 2.75) is 18.5 Å². The number of nitrogens with zero attached hydrogens (tertiary/aromatic N) is 2. The van der Waals surface area contributed by atoms with Crippen molar-refractivity contribution in [2.75, 3.05) is 52.7 Å². The molecular weight excluding hydrogens is 743 g/mol. The zero-order valence-corrected chi connectivity index (χ0v) is 28.5. The highest BCUT2D eigenvalue weighted by Gasteiger charge is 2.37. The van der Waals surface area contributed by atoms with Gasteiger partial charge in [-0.05, 0) is 84.0 Å². The van der Waals surface area contributed by atoms with Crippen molar-refractivity contribution in [1.82, 2.24) is 9.96 Å². The van der Waals surface area contributed by atoms with Crippen LogP contribution in [0.4, 0.5) is 26.3 Å². The van der Waals surface area contributed by atoms with Gasteiger partial charge in [0.2, 0.25) is 0 Å². The molecular formula is C34H30F6N2O8S2. The van der Waals surface area contributed by atoms with Crippen molar-refractivity contribution in [3.05, 3.63) is 87.8 Å². The van der Waals surface area contributed by atoms with Crippen molar-refractivity contribution in [2.24, 2.45) is 0 Å². The first-order valence-corrected chi connectivity index (χ1v) is 16.7. The number of carbonyl (C=O) groups excluding carboxylic acids is 1. The molecule has 1 amide bonds. The number of thiocarbonyl (C=S) groups is 1. The Morgan fingerprint density at radius 3 is 2.19 bits per heavy atom. The largest absolute Gasteiger partial charge is 0.492 e. The van der Waals surface area contributed by atoms with Gasteiger partial charge in [0.1, 0.15) is 37.4 Å². The van der Waals surface area contributed by atoms with Gasteiger partial charge >= 0.3 is 18.3 Å². The molecule has 0 bridgehead atoms. The normalized spacial score (nSPS) is 17.1. The molecule has 3 aromatic carbocycles. The highest BCUT2D eigenvalue weighted by molar-refractivity contribution is 8.26. The second-order valence-electron chi connectivity index (χ2n) is 11.4. The third kappa shape index (κ3) is 10.2. The van der Waals surface area contributed by atoms with Crippen LogP contribution in [0.3, 0.4) is 0 Å². The molecule has 0 unspecified atom stereocenters. The van der Waals surface area contributed by atoms with Crippen LogP contribution in [0, 0.1) is 0 Å². The van der Waals surface area contributed by atoms with E-state index < -0.39 is 48.1 Å². The molecule has 2 fully saturated rings. The quantitative estimate of drug-likeness (QED) is 0.115. The molecule has 0 saturated carbocycles. The van der Waals surface area contributed by atoms with E-state index in [1.54, 1.807) is 0 Å². The van der Waals surface area contributed by atoms with Gasteiger partial charge in [0.25, 0.3) is 5.91 Å². The van der Waals surface area contributed by atoms with Gasteiger partial charge in [-0.1, -0.05) is 17.8 Å². The number of amides is 1. The molecule has 0 aromatic heterocycles. The summed E-state index contributed by atoms with van der Waals surface area (Å²) in [6.45, 7) is 2.42. The van der Waals surface area contributed by atoms with Crippen LogP contribution in [0.25, 0.3) is 17.2 Å². The third-order valence-electron chi connectivity index (χ3n) is 7.68. The molecule has 0 radical (unpaired) electrons. The van der Waals surface area contributed by atoms with Crippen molar-refractivity contribution in [1.29, 1.82) is 0 Å². The van der Waals surface area contributed by atoms with E-state index in [1.807, 2.05) is 0 Å². The van der Waals surface area contributed by atoms with Crippen molar-refractivity contribution in [3.63, 3.8) is 0 Å². The number of carboxylic acid groups (broad SMARTS) is 1. The van der Waals surface area contributed by atoms with E-state index in [2.05, 4.69) is 4.90 Å². The predicted octanol–water partition coefficient (Wildman–Crippen LogP) is 6.37. The molecule has 2 saturated heterocycles. The molecule has 0 spiro atoms. The number of hydrogen-bond acceptors (Lipinski definition) is 10. The van der Waals surface area contributed by atoms with E-state index in [9.17, 15) is 41.0 Å². The first-order chi connectivity index (χ1) is 24.6. The number of carbonyl (C=O) groups is 2. The van der Waals surface area contributed by atoms with Crippen molar-refractivity contribution >= 4 is 46.3 Å². The van der Waals surface area contributed by atoms with Crippen LogP contribution in [0.5, 0.6) is 11.5 Å². The van der Waals surface area contributed by atoms with E-state index in [4.69, 9.17) is 36.4 Å². The summed E-state index contributed by atoms with van der Waals surface area (Å²) >= 11 is 6.11. The minimum Gasteiger partial charge on any atom is -0.492 e. The maximum absolute atomic E-state index is 13.6. The third-order valence-corrected chi connectivity index (χ3v) is 8.95. The minimum atomic E-state index is -5.05. The zero-order valence-electron chi connectivity index (χ0n) is 26.9. The van der Waals surface area contributed by atoms with Gasteiger partial charge in [-0.2, -0.15) is 31.4 Å². The van der Waals surface area contributed by atoms with Gasteiger partial charge in [-0.3, -0.25) is 14.5 Å². The Bertz CT molecular complexity index is 1780. The number of thioether (sulfide) groups is 1. The maximum Gasteiger partial charge on any atom is 0.416 e. The van der Waals surface area contributed by atoms with Gasteiger partial charge in [0, 0.05) is 25.2 Å². The number of rotatable bonds is 13. The lowest BCUT2D eigenvalue weighted by Gasteiger charge is -2.26. The Balaban J connectivity index is 1.35.